The fraction of sp³-hybridized carbons (Fsp3) is 0.105. The number of hydrogen-bond acceptors (Lipinski definition) is 4. The quantitative estimate of drug-likeness (QED) is 0.702. The Morgan fingerprint density at radius 1 is 0.960 bits per heavy atom. The molecule has 126 valence electrons. The fourth-order valence-corrected chi connectivity index (χ4v) is 2.44. The van der Waals surface area contributed by atoms with E-state index in [9.17, 15) is 4.79 Å². The minimum absolute atomic E-state index is 0.302. The van der Waals surface area contributed by atoms with Gasteiger partial charge in [-0.05, 0) is 24.1 Å². The molecule has 3 rings (SSSR count). The number of anilines is 2. The van der Waals surface area contributed by atoms with E-state index in [2.05, 4.69) is 32.7 Å². The van der Waals surface area contributed by atoms with Crippen LogP contribution in [0.1, 0.15) is 15.9 Å². The number of carbonyl (C=O) groups excluding carboxylic acids is 1. The SMILES string of the molecule is O=C(Nc1ccccc1Cl)c1cnc(NCCc2ccccc2)nc1. The molecule has 0 unspecified atom stereocenters. The number of rotatable bonds is 6. The van der Waals surface area contributed by atoms with Crippen molar-refractivity contribution in [2.75, 3.05) is 17.2 Å². The van der Waals surface area contributed by atoms with E-state index in [1.54, 1.807) is 24.3 Å². The monoisotopic (exact) mass is 352 g/mol. The van der Waals surface area contributed by atoms with Crippen LogP contribution in [0.3, 0.4) is 0 Å². The van der Waals surface area contributed by atoms with Crippen LogP contribution in [0.4, 0.5) is 11.6 Å². The summed E-state index contributed by atoms with van der Waals surface area (Å²) in [6, 6.07) is 17.2. The Labute approximate surface area is 151 Å². The molecule has 3 aromatic rings. The third kappa shape index (κ3) is 4.78. The van der Waals surface area contributed by atoms with Crippen LogP contribution in [-0.2, 0) is 6.42 Å². The maximum absolute atomic E-state index is 12.2. The molecule has 0 aliphatic rings. The first-order chi connectivity index (χ1) is 12.2. The van der Waals surface area contributed by atoms with Gasteiger partial charge < -0.3 is 10.6 Å². The minimum Gasteiger partial charge on any atom is -0.354 e. The van der Waals surface area contributed by atoms with E-state index in [1.165, 1.54) is 18.0 Å². The Morgan fingerprint density at radius 3 is 2.36 bits per heavy atom. The van der Waals surface area contributed by atoms with E-state index in [1.807, 2.05) is 18.2 Å². The predicted molar refractivity (Wildman–Crippen MR) is 100 cm³/mol. The van der Waals surface area contributed by atoms with Crippen molar-refractivity contribution in [3.8, 4) is 0 Å². The first kappa shape index (κ1) is 16.9. The highest BCUT2D eigenvalue weighted by Crippen LogP contribution is 2.21. The topological polar surface area (TPSA) is 66.9 Å². The molecule has 2 N–H and O–H groups in total. The van der Waals surface area contributed by atoms with Crippen molar-refractivity contribution in [2.24, 2.45) is 0 Å². The number of para-hydroxylation sites is 1. The largest absolute Gasteiger partial charge is 0.354 e. The van der Waals surface area contributed by atoms with Crippen molar-refractivity contribution >= 4 is 29.1 Å². The molecule has 1 heterocycles. The third-order valence-corrected chi connectivity index (χ3v) is 3.91. The van der Waals surface area contributed by atoms with Crippen LogP contribution in [0.25, 0.3) is 0 Å². The summed E-state index contributed by atoms with van der Waals surface area (Å²) >= 11 is 6.03. The number of halogens is 1. The average molecular weight is 353 g/mol. The van der Waals surface area contributed by atoms with Crippen molar-refractivity contribution in [2.45, 2.75) is 6.42 Å². The maximum Gasteiger partial charge on any atom is 0.258 e. The Hall–Kier alpha value is -2.92. The Morgan fingerprint density at radius 2 is 1.64 bits per heavy atom. The first-order valence-corrected chi connectivity index (χ1v) is 8.26. The van der Waals surface area contributed by atoms with Gasteiger partial charge in [-0.15, -0.1) is 0 Å². The molecule has 0 aliphatic carbocycles. The number of carbonyl (C=O) groups is 1. The van der Waals surface area contributed by atoms with E-state index < -0.39 is 0 Å². The molecule has 0 spiro atoms. The molecule has 0 radical (unpaired) electrons. The molecule has 25 heavy (non-hydrogen) atoms. The van der Waals surface area contributed by atoms with Crippen LogP contribution in [0, 0.1) is 0 Å². The van der Waals surface area contributed by atoms with Gasteiger partial charge >= 0.3 is 0 Å². The van der Waals surface area contributed by atoms with Crippen LogP contribution in [0.5, 0.6) is 0 Å². The summed E-state index contributed by atoms with van der Waals surface area (Å²) in [5.74, 6) is 0.189. The molecular weight excluding hydrogens is 336 g/mol. The second kappa shape index (κ2) is 8.26. The normalized spacial score (nSPS) is 10.3. The van der Waals surface area contributed by atoms with Crippen molar-refractivity contribution in [1.29, 1.82) is 0 Å². The van der Waals surface area contributed by atoms with E-state index in [0.717, 1.165) is 13.0 Å². The highest BCUT2D eigenvalue weighted by Gasteiger charge is 2.09. The van der Waals surface area contributed by atoms with Gasteiger partial charge in [0.05, 0.1) is 16.3 Å². The lowest BCUT2D eigenvalue weighted by atomic mass is 10.1. The Balaban J connectivity index is 1.54. The lowest BCUT2D eigenvalue weighted by Crippen LogP contribution is -2.14. The van der Waals surface area contributed by atoms with E-state index in [-0.39, 0.29) is 5.91 Å². The van der Waals surface area contributed by atoms with Crippen LogP contribution < -0.4 is 10.6 Å². The fourth-order valence-electron chi connectivity index (χ4n) is 2.26. The molecule has 1 aromatic heterocycles. The van der Waals surface area contributed by atoms with Crippen molar-refractivity contribution in [3.05, 3.63) is 83.1 Å². The molecule has 0 fully saturated rings. The summed E-state index contributed by atoms with van der Waals surface area (Å²) in [6.07, 6.45) is 3.85. The van der Waals surface area contributed by atoms with Crippen LogP contribution in [0.2, 0.25) is 5.02 Å². The van der Waals surface area contributed by atoms with Gasteiger partial charge in [-0.1, -0.05) is 54.1 Å². The smallest absolute Gasteiger partial charge is 0.258 e. The number of benzene rings is 2. The zero-order valence-corrected chi connectivity index (χ0v) is 14.2. The van der Waals surface area contributed by atoms with E-state index in [4.69, 9.17) is 11.6 Å². The second-order valence-electron chi connectivity index (χ2n) is 5.39. The van der Waals surface area contributed by atoms with E-state index >= 15 is 0 Å². The van der Waals surface area contributed by atoms with Crippen molar-refractivity contribution in [3.63, 3.8) is 0 Å². The van der Waals surface area contributed by atoms with Crippen LogP contribution in [0.15, 0.2) is 67.0 Å². The highest BCUT2D eigenvalue weighted by molar-refractivity contribution is 6.33. The van der Waals surface area contributed by atoms with Crippen molar-refractivity contribution < 1.29 is 4.79 Å². The lowest BCUT2D eigenvalue weighted by molar-refractivity contribution is 0.102. The minimum atomic E-state index is -0.302. The highest BCUT2D eigenvalue weighted by atomic mass is 35.5. The molecule has 6 heteroatoms. The second-order valence-corrected chi connectivity index (χ2v) is 5.80. The van der Waals surface area contributed by atoms with Crippen molar-refractivity contribution in [1.82, 2.24) is 9.97 Å². The summed E-state index contributed by atoms with van der Waals surface area (Å²) in [6.45, 7) is 0.717. The summed E-state index contributed by atoms with van der Waals surface area (Å²) in [5, 5.41) is 6.36. The van der Waals surface area contributed by atoms with Gasteiger partial charge in [0, 0.05) is 18.9 Å². The molecule has 0 bridgehead atoms. The van der Waals surface area contributed by atoms with Gasteiger partial charge in [0.25, 0.3) is 5.91 Å². The van der Waals surface area contributed by atoms with Crippen LogP contribution in [-0.4, -0.2) is 22.4 Å². The third-order valence-electron chi connectivity index (χ3n) is 3.58. The molecule has 1 amide bonds. The van der Waals surface area contributed by atoms with Gasteiger partial charge in [-0.2, -0.15) is 0 Å². The number of nitrogens with zero attached hydrogens (tertiary/aromatic N) is 2. The lowest BCUT2D eigenvalue weighted by Gasteiger charge is -2.08. The van der Waals surface area contributed by atoms with Crippen LogP contribution >= 0.6 is 11.6 Å². The maximum atomic E-state index is 12.2. The molecule has 0 saturated heterocycles. The molecule has 0 saturated carbocycles. The zero-order chi connectivity index (χ0) is 17.5. The Kier molecular flexibility index (Phi) is 5.59. The summed E-state index contributed by atoms with van der Waals surface area (Å²) in [4.78, 5) is 20.6. The van der Waals surface area contributed by atoms with E-state index in [0.29, 0.717) is 22.2 Å². The summed E-state index contributed by atoms with van der Waals surface area (Å²) in [5.41, 5.74) is 2.17. The van der Waals surface area contributed by atoms with Gasteiger partial charge in [-0.25, -0.2) is 9.97 Å². The zero-order valence-electron chi connectivity index (χ0n) is 13.4. The number of amides is 1. The molecular formula is C19H17ClN4O. The standard InChI is InChI=1S/C19H17ClN4O/c20-16-8-4-5-9-17(16)24-18(25)15-12-22-19(23-13-15)21-11-10-14-6-2-1-3-7-14/h1-9,12-13H,10-11H2,(H,24,25)(H,21,22,23). The summed E-state index contributed by atoms with van der Waals surface area (Å²) < 4.78 is 0. The molecule has 0 atom stereocenters. The predicted octanol–water partition coefficient (Wildman–Crippen LogP) is 4.04. The van der Waals surface area contributed by atoms with Gasteiger partial charge in [0.15, 0.2) is 0 Å². The van der Waals surface area contributed by atoms with Gasteiger partial charge in [0.2, 0.25) is 5.95 Å². The Bertz CT molecular complexity index is 838. The van der Waals surface area contributed by atoms with Gasteiger partial charge in [-0.3, -0.25) is 4.79 Å². The molecule has 0 aliphatic heterocycles. The number of aromatic nitrogens is 2. The number of hydrogen-bond donors (Lipinski definition) is 2. The molecule has 5 nitrogen and oxygen atoms in total. The summed E-state index contributed by atoms with van der Waals surface area (Å²) in [7, 11) is 0. The first-order valence-electron chi connectivity index (χ1n) is 7.88. The number of nitrogens with one attached hydrogen (secondary N) is 2. The molecule has 2 aromatic carbocycles. The average Bonchev–Trinajstić information content (AvgIpc) is 2.65. The van der Waals surface area contributed by atoms with Gasteiger partial charge in [0.1, 0.15) is 0 Å².